The van der Waals surface area contributed by atoms with Crippen LogP contribution in [-0.2, 0) is 4.79 Å². The average molecular weight is 220 g/mol. The van der Waals surface area contributed by atoms with Crippen molar-refractivity contribution in [3.05, 3.63) is 24.3 Å². The highest BCUT2D eigenvalue weighted by Crippen LogP contribution is 2.22. The van der Waals surface area contributed by atoms with Crippen LogP contribution in [0.5, 0.6) is 0 Å². The Morgan fingerprint density at radius 3 is 2.94 bits per heavy atom. The third-order valence-electron chi connectivity index (χ3n) is 2.38. The lowest BCUT2D eigenvalue weighted by Gasteiger charge is -2.03. The van der Waals surface area contributed by atoms with E-state index < -0.39 is 0 Å². The summed E-state index contributed by atoms with van der Waals surface area (Å²) in [5.74, 6) is 0.961. The van der Waals surface area contributed by atoms with E-state index in [1.807, 2.05) is 6.92 Å². The van der Waals surface area contributed by atoms with Crippen molar-refractivity contribution in [3.8, 4) is 11.6 Å². The van der Waals surface area contributed by atoms with Gasteiger partial charge >= 0.3 is 0 Å². The second-order valence-corrected chi connectivity index (χ2v) is 3.51. The number of furan rings is 1. The molecule has 5 nitrogen and oxygen atoms in total. The Kier molecular flexibility index (Phi) is 2.85. The minimum absolute atomic E-state index is 0.0251. The monoisotopic (exact) mass is 220 g/mol. The molecule has 1 atom stereocenters. The van der Waals surface area contributed by atoms with Crippen molar-refractivity contribution in [2.24, 2.45) is 0 Å². The molecule has 1 unspecified atom stereocenters. The van der Waals surface area contributed by atoms with Crippen LogP contribution in [0.2, 0.25) is 0 Å². The van der Waals surface area contributed by atoms with Gasteiger partial charge in [-0.25, -0.2) is 0 Å². The number of nitrogens with zero attached hydrogens (tertiary/aromatic N) is 2. The van der Waals surface area contributed by atoms with Crippen molar-refractivity contribution < 1.29 is 13.7 Å². The van der Waals surface area contributed by atoms with E-state index in [0.29, 0.717) is 23.9 Å². The van der Waals surface area contributed by atoms with Gasteiger partial charge in [0, 0.05) is 0 Å². The summed E-state index contributed by atoms with van der Waals surface area (Å²) in [5, 5.41) is 3.78. The summed E-state index contributed by atoms with van der Waals surface area (Å²) >= 11 is 0. The van der Waals surface area contributed by atoms with Crippen molar-refractivity contribution in [1.29, 1.82) is 0 Å². The van der Waals surface area contributed by atoms with Crippen LogP contribution < -0.4 is 0 Å². The van der Waals surface area contributed by atoms with E-state index >= 15 is 0 Å². The van der Waals surface area contributed by atoms with Crippen molar-refractivity contribution in [3.63, 3.8) is 0 Å². The second kappa shape index (κ2) is 4.30. The molecular formula is C11H12N2O3. The Bertz CT molecular complexity index is 473. The highest BCUT2D eigenvalue weighted by atomic mass is 16.5. The van der Waals surface area contributed by atoms with E-state index in [-0.39, 0.29) is 11.7 Å². The Morgan fingerprint density at radius 2 is 2.38 bits per heavy atom. The second-order valence-electron chi connectivity index (χ2n) is 3.51. The van der Waals surface area contributed by atoms with Gasteiger partial charge in [0.2, 0.25) is 11.7 Å². The maximum atomic E-state index is 11.3. The fourth-order valence-electron chi connectivity index (χ4n) is 1.52. The van der Waals surface area contributed by atoms with Crippen LogP contribution >= 0.6 is 0 Å². The first-order valence-electron chi connectivity index (χ1n) is 5.10. The van der Waals surface area contributed by atoms with Crippen LogP contribution in [0.4, 0.5) is 0 Å². The zero-order valence-corrected chi connectivity index (χ0v) is 9.14. The maximum absolute atomic E-state index is 11.3. The first kappa shape index (κ1) is 10.6. The van der Waals surface area contributed by atoms with E-state index in [4.69, 9.17) is 8.94 Å². The molecule has 0 bridgehead atoms. The number of ketones is 1. The van der Waals surface area contributed by atoms with Crippen LogP contribution in [0.1, 0.15) is 32.1 Å². The zero-order valence-electron chi connectivity index (χ0n) is 9.14. The van der Waals surface area contributed by atoms with Crippen molar-refractivity contribution in [2.75, 3.05) is 0 Å². The van der Waals surface area contributed by atoms with E-state index in [2.05, 4.69) is 10.1 Å². The van der Waals surface area contributed by atoms with Gasteiger partial charge in [-0.1, -0.05) is 12.1 Å². The fourth-order valence-corrected chi connectivity index (χ4v) is 1.52. The molecule has 16 heavy (non-hydrogen) atoms. The van der Waals surface area contributed by atoms with Gasteiger partial charge in [-0.05, 0) is 25.5 Å². The first-order chi connectivity index (χ1) is 7.72. The van der Waals surface area contributed by atoms with Crippen LogP contribution in [0, 0.1) is 0 Å². The average Bonchev–Trinajstić information content (AvgIpc) is 2.86. The molecule has 0 saturated carbocycles. The molecular weight excluding hydrogens is 208 g/mol. The molecule has 5 heteroatoms. The number of rotatable bonds is 4. The molecule has 2 heterocycles. The molecule has 0 aliphatic heterocycles. The van der Waals surface area contributed by atoms with Gasteiger partial charge in [-0.2, -0.15) is 4.98 Å². The normalized spacial score (nSPS) is 12.6. The number of aromatic nitrogens is 2. The minimum atomic E-state index is -0.323. The lowest BCUT2D eigenvalue weighted by Crippen LogP contribution is -2.07. The number of carbonyl (C=O) groups excluding carboxylic acids is 1. The molecule has 0 aromatic carbocycles. The largest absolute Gasteiger partial charge is 0.461 e. The van der Waals surface area contributed by atoms with Gasteiger partial charge in [-0.15, -0.1) is 0 Å². The lowest BCUT2D eigenvalue weighted by molar-refractivity contribution is -0.119. The minimum Gasteiger partial charge on any atom is -0.461 e. The van der Waals surface area contributed by atoms with Crippen LogP contribution in [0.25, 0.3) is 11.6 Å². The molecule has 0 N–H and O–H groups in total. The molecule has 0 amide bonds. The Balaban J connectivity index is 2.29. The highest BCUT2D eigenvalue weighted by Gasteiger charge is 2.22. The Morgan fingerprint density at radius 1 is 1.56 bits per heavy atom. The van der Waals surface area contributed by atoms with E-state index in [0.717, 1.165) is 0 Å². The van der Waals surface area contributed by atoms with E-state index in [1.54, 1.807) is 12.1 Å². The molecule has 84 valence electrons. The van der Waals surface area contributed by atoms with E-state index in [9.17, 15) is 4.79 Å². The predicted molar refractivity (Wildman–Crippen MR) is 55.7 cm³/mol. The summed E-state index contributed by atoms with van der Waals surface area (Å²) in [6, 6.07) is 3.48. The maximum Gasteiger partial charge on any atom is 0.238 e. The first-order valence-corrected chi connectivity index (χ1v) is 5.10. The van der Waals surface area contributed by atoms with E-state index in [1.165, 1.54) is 13.2 Å². The number of carbonyl (C=O) groups is 1. The molecule has 2 aromatic heterocycles. The van der Waals surface area contributed by atoms with Crippen molar-refractivity contribution in [2.45, 2.75) is 26.2 Å². The molecule has 2 aromatic rings. The summed E-state index contributed by atoms with van der Waals surface area (Å²) < 4.78 is 10.2. The summed E-state index contributed by atoms with van der Waals surface area (Å²) in [6.07, 6.45) is 2.18. The summed E-state index contributed by atoms with van der Waals surface area (Å²) in [7, 11) is 0. The molecule has 0 fully saturated rings. The molecule has 0 aliphatic carbocycles. The van der Waals surface area contributed by atoms with Gasteiger partial charge in [-0.3, -0.25) is 4.79 Å². The summed E-state index contributed by atoms with van der Waals surface area (Å²) in [6.45, 7) is 3.42. The molecule has 0 saturated heterocycles. The van der Waals surface area contributed by atoms with Crippen LogP contribution in [0.3, 0.4) is 0 Å². The van der Waals surface area contributed by atoms with Gasteiger partial charge in [0.15, 0.2) is 5.76 Å². The third kappa shape index (κ3) is 1.88. The standard InChI is InChI=1S/C11H12N2O3/c1-3-8(7(2)14)11-12-10(13-16-11)9-5-4-6-15-9/h4-6,8H,3H2,1-2H3. The highest BCUT2D eigenvalue weighted by molar-refractivity contribution is 5.82. The number of hydrogen-bond donors (Lipinski definition) is 0. The van der Waals surface area contributed by atoms with Crippen molar-refractivity contribution in [1.82, 2.24) is 10.1 Å². The summed E-state index contributed by atoms with van der Waals surface area (Å²) in [5.41, 5.74) is 0. The van der Waals surface area contributed by atoms with Gasteiger partial charge in [0.05, 0.1) is 12.2 Å². The quantitative estimate of drug-likeness (QED) is 0.791. The van der Waals surface area contributed by atoms with Crippen LogP contribution in [-0.4, -0.2) is 15.9 Å². The number of hydrogen-bond acceptors (Lipinski definition) is 5. The topological polar surface area (TPSA) is 69.1 Å². The summed E-state index contributed by atoms with van der Waals surface area (Å²) in [4.78, 5) is 15.5. The molecule has 0 radical (unpaired) electrons. The van der Waals surface area contributed by atoms with Gasteiger partial charge < -0.3 is 8.94 Å². The van der Waals surface area contributed by atoms with Gasteiger partial charge in [0.25, 0.3) is 0 Å². The Hall–Kier alpha value is -1.91. The Labute approximate surface area is 92.5 Å². The predicted octanol–water partition coefficient (Wildman–Crippen LogP) is 2.41. The zero-order chi connectivity index (χ0) is 11.5. The number of Topliss-reactive ketones (excluding diaryl/α,β-unsaturated/α-hetero) is 1. The SMILES string of the molecule is CCC(C(C)=O)c1nc(-c2ccco2)no1. The van der Waals surface area contributed by atoms with Crippen molar-refractivity contribution >= 4 is 5.78 Å². The van der Waals surface area contributed by atoms with Crippen LogP contribution in [0.15, 0.2) is 27.3 Å². The molecule has 0 aliphatic rings. The smallest absolute Gasteiger partial charge is 0.238 e. The van der Waals surface area contributed by atoms with Gasteiger partial charge in [0.1, 0.15) is 5.78 Å². The third-order valence-corrected chi connectivity index (χ3v) is 2.38. The molecule has 2 rings (SSSR count). The lowest BCUT2D eigenvalue weighted by atomic mass is 10.0. The molecule has 0 spiro atoms. The fraction of sp³-hybridized carbons (Fsp3) is 0.364.